The number of hydrogen-bond donors (Lipinski definition) is 2. The van der Waals surface area contributed by atoms with E-state index in [9.17, 15) is 9.59 Å². The Bertz CT molecular complexity index is 1950. The number of aryl methyl sites for hydroxylation is 2. The molecule has 0 saturated heterocycles. The van der Waals surface area contributed by atoms with Gasteiger partial charge >= 0.3 is 0 Å². The summed E-state index contributed by atoms with van der Waals surface area (Å²) in [4.78, 5) is 31.6. The van der Waals surface area contributed by atoms with Gasteiger partial charge < -0.3 is 4.57 Å². The normalized spacial score (nSPS) is 11.2. The summed E-state index contributed by atoms with van der Waals surface area (Å²) >= 11 is 2.80. The second kappa shape index (κ2) is 11.2. The van der Waals surface area contributed by atoms with Crippen LogP contribution in [-0.4, -0.2) is 30.1 Å². The van der Waals surface area contributed by atoms with Crippen LogP contribution in [0.25, 0.3) is 16.7 Å². The highest BCUT2D eigenvalue weighted by Gasteiger charge is 2.19. The van der Waals surface area contributed by atoms with Gasteiger partial charge in [0.1, 0.15) is 16.8 Å². The summed E-state index contributed by atoms with van der Waals surface area (Å²) in [5.74, 6) is 0.200. The fourth-order valence-corrected chi connectivity index (χ4v) is 6.07. The summed E-state index contributed by atoms with van der Waals surface area (Å²) in [6.07, 6.45) is 2.24. The minimum atomic E-state index is -0.534. The number of nitrogens with zero attached hydrogens (tertiary/aromatic N) is 5. The zero-order valence-electron chi connectivity index (χ0n) is 21.2. The molecule has 0 saturated carbocycles. The molecule has 0 aliphatic carbocycles. The number of rotatable bonds is 8. The van der Waals surface area contributed by atoms with E-state index in [4.69, 9.17) is 10.4 Å². The molecule has 9 nitrogen and oxygen atoms in total. The number of aromatic nitrogens is 5. The lowest BCUT2D eigenvalue weighted by Crippen LogP contribution is -2.32. The first-order chi connectivity index (χ1) is 19.6. The molecule has 0 bridgehead atoms. The molecule has 2 aromatic carbocycles. The molecule has 0 spiro atoms. The number of pyridine rings is 2. The lowest BCUT2D eigenvalue weighted by Gasteiger charge is -2.14. The molecular weight excluding hydrogens is 543 g/mol. The van der Waals surface area contributed by atoms with Gasteiger partial charge in [-0.1, -0.05) is 89.8 Å². The van der Waals surface area contributed by atoms with Crippen LogP contribution in [0.4, 0.5) is 5.13 Å². The van der Waals surface area contributed by atoms with Crippen LogP contribution >= 0.6 is 23.1 Å². The fraction of sp³-hybridized carbons (Fsp3) is 0.103. The molecule has 40 heavy (non-hydrogen) atoms. The van der Waals surface area contributed by atoms with Crippen LogP contribution in [0.1, 0.15) is 21.5 Å². The van der Waals surface area contributed by atoms with Crippen LogP contribution in [0.3, 0.4) is 0 Å². The van der Waals surface area contributed by atoms with E-state index < -0.39 is 5.91 Å². The second-order valence-corrected chi connectivity index (χ2v) is 11.2. The summed E-state index contributed by atoms with van der Waals surface area (Å²) in [6, 6.07) is 26.6. The van der Waals surface area contributed by atoms with Crippen molar-refractivity contribution in [1.82, 2.24) is 24.1 Å². The van der Waals surface area contributed by atoms with E-state index in [0.29, 0.717) is 29.4 Å². The van der Waals surface area contributed by atoms with E-state index in [1.807, 2.05) is 60.7 Å². The summed E-state index contributed by atoms with van der Waals surface area (Å²) < 4.78 is 3.79. The van der Waals surface area contributed by atoms with Crippen LogP contribution < -0.4 is 16.4 Å². The molecule has 198 valence electrons. The minimum Gasteiger partial charge on any atom is -0.310 e. The molecule has 4 aromatic heterocycles. The highest BCUT2D eigenvalue weighted by molar-refractivity contribution is 8.00. The molecule has 4 heterocycles. The third-order valence-corrected chi connectivity index (χ3v) is 8.41. The monoisotopic (exact) mass is 565 g/mol. The van der Waals surface area contributed by atoms with E-state index >= 15 is 0 Å². The van der Waals surface area contributed by atoms with Crippen molar-refractivity contribution in [2.45, 2.75) is 23.1 Å². The highest BCUT2D eigenvalue weighted by atomic mass is 32.2. The number of hydrogen-bond acceptors (Lipinski definition) is 8. The first kappa shape index (κ1) is 25.7. The second-order valence-electron chi connectivity index (χ2n) is 8.98. The maximum absolute atomic E-state index is 13.4. The zero-order chi connectivity index (χ0) is 27.5. The Balaban J connectivity index is 1.34. The standard InChI is InChI=1S/C29H23N7O2S2/c30-24-21(26(37)32-28-33-34-29(40-28)39-18-20-11-5-2-6-12-20)17-22-25(31-23-13-7-8-15-35(23)27(22)38)36(24)16-14-19-9-3-1-4-10-19/h1-13,15,17,30H,14,16,18H2,(H,32,33,37). The number of anilines is 1. The van der Waals surface area contributed by atoms with Gasteiger partial charge in [-0.2, -0.15) is 0 Å². The molecule has 0 unspecified atom stereocenters. The van der Waals surface area contributed by atoms with Gasteiger partial charge in [-0.3, -0.25) is 24.7 Å². The maximum atomic E-state index is 13.4. The number of carbonyl (C=O) groups excluding carboxylic acids is 1. The van der Waals surface area contributed by atoms with E-state index in [1.54, 1.807) is 29.0 Å². The van der Waals surface area contributed by atoms with Crippen LogP contribution in [0, 0.1) is 5.41 Å². The third kappa shape index (κ3) is 5.29. The predicted octanol–water partition coefficient (Wildman–Crippen LogP) is 4.77. The van der Waals surface area contributed by atoms with E-state index in [0.717, 1.165) is 21.2 Å². The average molecular weight is 566 g/mol. The number of carbonyl (C=O) groups is 1. The molecule has 0 fully saturated rings. The van der Waals surface area contributed by atoms with Gasteiger partial charge in [0, 0.05) is 18.5 Å². The number of benzene rings is 2. The SMILES string of the molecule is N=c1c(C(=O)Nc2nnc(SCc3ccccc3)s2)cc2c(=O)n3ccccc3nc2n1CCc1ccccc1. The highest BCUT2D eigenvalue weighted by Crippen LogP contribution is 2.28. The smallest absolute Gasteiger partial charge is 0.267 e. The molecule has 11 heteroatoms. The quantitative estimate of drug-likeness (QED) is 0.156. The van der Waals surface area contributed by atoms with Gasteiger partial charge in [0.25, 0.3) is 11.5 Å². The van der Waals surface area contributed by atoms with Crippen molar-refractivity contribution in [1.29, 1.82) is 5.41 Å². The largest absolute Gasteiger partial charge is 0.310 e. The first-order valence-corrected chi connectivity index (χ1v) is 14.3. The molecule has 6 rings (SSSR count). The number of fused-ring (bicyclic) bond motifs is 2. The Morgan fingerprint density at radius 2 is 1.68 bits per heavy atom. The van der Waals surface area contributed by atoms with Crippen molar-refractivity contribution in [2.75, 3.05) is 5.32 Å². The van der Waals surface area contributed by atoms with Crippen LogP contribution in [0.15, 0.2) is 100 Å². The van der Waals surface area contributed by atoms with E-state index in [1.165, 1.54) is 33.6 Å². The van der Waals surface area contributed by atoms with Crippen molar-refractivity contribution in [2.24, 2.45) is 0 Å². The Kier molecular flexibility index (Phi) is 7.21. The van der Waals surface area contributed by atoms with Crippen LogP contribution in [0.5, 0.6) is 0 Å². The Hall–Kier alpha value is -4.61. The van der Waals surface area contributed by atoms with Gasteiger partial charge in [0.05, 0.1) is 10.9 Å². The van der Waals surface area contributed by atoms with Crippen molar-refractivity contribution >= 4 is 50.8 Å². The summed E-state index contributed by atoms with van der Waals surface area (Å²) in [5.41, 5.74) is 2.79. The van der Waals surface area contributed by atoms with Gasteiger partial charge in [-0.15, -0.1) is 10.2 Å². The average Bonchev–Trinajstić information content (AvgIpc) is 3.44. The van der Waals surface area contributed by atoms with Crippen molar-refractivity contribution in [3.63, 3.8) is 0 Å². The number of thioether (sulfide) groups is 1. The van der Waals surface area contributed by atoms with Crippen LogP contribution in [0.2, 0.25) is 0 Å². The third-order valence-electron chi connectivity index (χ3n) is 6.36. The maximum Gasteiger partial charge on any atom is 0.267 e. The lowest BCUT2D eigenvalue weighted by atomic mass is 10.1. The molecule has 6 aromatic rings. The molecule has 1 amide bonds. The fourth-order valence-electron chi connectivity index (χ4n) is 4.37. The molecular formula is C29H23N7O2S2. The van der Waals surface area contributed by atoms with E-state index in [2.05, 4.69) is 15.5 Å². The van der Waals surface area contributed by atoms with Crippen molar-refractivity contribution < 1.29 is 4.79 Å². The lowest BCUT2D eigenvalue weighted by molar-refractivity contribution is 0.102. The molecule has 0 atom stereocenters. The summed E-state index contributed by atoms with van der Waals surface area (Å²) in [5, 5.41) is 20.6. The minimum absolute atomic E-state index is 0.0312. The van der Waals surface area contributed by atoms with Crippen molar-refractivity contribution in [3.05, 3.63) is 124 Å². The number of nitrogens with one attached hydrogen (secondary N) is 2. The Labute approximate surface area is 236 Å². The van der Waals surface area contributed by atoms with E-state index in [-0.39, 0.29) is 22.0 Å². The molecule has 0 aliphatic rings. The Morgan fingerprint density at radius 3 is 2.45 bits per heavy atom. The first-order valence-electron chi connectivity index (χ1n) is 12.5. The summed E-state index contributed by atoms with van der Waals surface area (Å²) in [6.45, 7) is 0.370. The Morgan fingerprint density at radius 1 is 0.950 bits per heavy atom. The van der Waals surface area contributed by atoms with Gasteiger partial charge in [-0.05, 0) is 35.7 Å². The molecule has 2 N–H and O–H groups in total. The van der Waals surface area contributed by atoms with Gasteiger partial charge in [-0.25, -0.2) is 4.98 Å². The number of amides is 1. The van der Waals surface area contributed by atoms with Crippen molar-refractivity contribution in [3.8, 4) is 0 Å². The van der Waals surface area contributed by atoms with Crippen LogP contribution in [-0.2, 0) is 18.7 Å². The molecule has 0 aliphatic heterocycles. The predicted molar refractivity (Wildman–Crippen MR) is 157 cm³/mol. The van der Waals surface area contributed by atoms with Gasteiger partial charge in [0.2, 0.25) is 5.13 Å². The topological polar surface area (TPSA) is 118 Å². The summed E-state index contributed by atoms with van der Waals surface area (Å²) in [7, 11) is 0. The van der Waals surface area contributed by atoms with Gasteiger partial charge in [0.15, 0.2) is 4.34 Å². The zero-order valence-corrected chi connectivity index (χ0v) is 22.8. The molecule has 0 radical (unpaired) electrons.